The summed E-state index contributed by atoms with van der Waals surface area (Å²) in [6.07, 6.45) is 2.70. The number of aromatic nitrogens is 2. The van der Waals surface area contributed by atoms with E-state index in [4.69, 9.17) is 27.9 Å². The third-order valence-corrected chi connectivity index (χ3v) is 5.31. The van der Waals surface area contributed by atoms with Crippen LogP contribution in [-0.2, 0) is 11.2 Å². The van der Waals surface area contributed by atoms with Gasteiger partial charge < -0.3 is 15.0 Å². The molecule has 2 aromatic heterocycles. The Morgan fingerprint density at radius 2 is 1.97 bits per heavy atom. The molecule has 0 aliphatic carbocycles. The summed E-state index contributed by atoms with van der Waals surface area (Å²) in [7, 11) is 0. The van der Waals surface area contributed by atoms with E-state index >= 15 is 0 Å². The minimum Gasteiger partial charge on any atom is -0.480 e. The lowest BCUT2D eigenvalue weighted by Crippen LogP contribution is -2.30. The smallest absolute Gasteiger partial charge is 0.257 e. The molecule has 0 saturated carbocycles. The number of para-hydroxylation sites is 1. The van der Waals surface area contributed by atoms with E-state index in [-0.39, 0.29) is 12.5 Å². The van der Waals surface area contributed by atoms with E-state index in [9.17, 15) is 4.79 Å². The lowest BCUT2D eigenvalue weighted by molar-refractivity contribution is -0.123. The molecule has 0 spiro atoms. The minimum absolute atomic E-state index is 0.153. The number of hydrogen-bond donors (Lipinski definition) is 2. The molecule has 0 atom stereocenters. The number of aromatic amines is 1. The van der Waals surface area contributed by atoms with Gasteiger partial charge in [0.1, 0.15) is 5.52 Å². The van der Waals surface area contributed by atoms with Gasteiger partial charge in [-0.1, -0.05) is 41.4 Å². The van der Waals surface area contributed by atoms with Crippen LogP contribution in [0.4, 0.5) is 0 Å². The average molecular weight is 428 g/mol. The molecule has 7 heteroatoms. The van der Waals surface area contributed by atoms with Crippen molar-refractivity contribution in [2.75, 3.05) is 13.2 Å². The quantitative estimate of drug-likeness (QED) is 0.451. The van der Waals surface area contributed by atoms with Crippen molar-refractivity contribution >= 4 is 50.9 Å². The zero-order valence-corrected chi connectivity index (χ0v) is 17.3. The van der Waals surface area contributed by atoms with Gasteiger partial charge in [-0.15, -0.1) is 0 Å². The highest BCUT2D eigenvalue weighted by Crippen LogP contribution is 2.37. The van der Waals surface area contributed by atoms with E-state index < -0.39 is 0 Å². The molecule has 0 radical (unpaired) electrons. The fraction of sp³-hybridized carbons (Fsp3) is 0.182. The first-order chi connectivity index (χ1) is 14.0. The van der Waals surface area contributed by atoms with Crippen LogP contribution in [0, 0.1) is 6.92 Å². The second-order valence-corrected chi connectivity index (χ2v) is 7.58. The lowest BCUT2D eigenvalue weighted by atomic mass is 10.1. The van der Waals surface area contributed by atoms with Crippen LogP contribution < -0.4 is 10.1 Å². The summed E-state index contributed by atoms with van der Waals surface area (Å²) in [6.45, 7) is 2.23. The molecule has 4 rings (SSSR count). The number of H-pyrrole nitrogens is 1. The number of aryl methyl sites for hydroxylation is 1. The lowest BCUT2D eigenvalue weighted by Gasteiger charge is -2.12. The van der Waals surface area contributed by atoms with E-state index in [1.807, 2.05) is 43.5 Å². The molecule has 2 heterocycles. The third kappa shape index (κ3) is 4.16. The van der Waals surface area contributed by atoms with E-state index in [1.165, 1.54) is 5.39 Å². The van der Waals surface area contributed by atoms with Crippen molar-refractivity contribution in [3.05, 3.63) is 70.0 Å². The molecule has 5 nitrogen and oxygen atoms in total. The molecule has 0 fully saturated rings. The molecule has 0 unspecified atom stereocenters. The standard InChI is InChI=1S/C22H19Cl2N3O2/c1-13-6-7-16-17(23)10-18(24)22(21(16)27-13)29-12-20(28)25-9-8-14-11-26-19-5-3-2-4-15(14)19/h2-7,10-11,26H,8-9,12H2,1H3,(H,25,28). The van der Waals surface area contributed by atoms with E-state index in [1.54, 1.807) is 6.07 Å². The van der Waals surface area contributed by atoms with Crippen molar-refractivity contribution < 1.29 is 9.53 Å². The summed E-state index contributed by atoms with van der Waals surface area (Å²) in [5, 5.41) is 5.60. The maximum atomic E-state index is 12.3. The van der Waals surface area contributed by atoms with Crippen LogP contribution in [0.2, 0.25) is 10.0 Å². The second-order valence-electron chi connectivity index (χ2n) is 6.77. The Bertz CT molecular complexity index is 1200. The third-order valence-electron chi connectivity index (χ3n) is 4.72. The Hall–Kier alpha value is -2.76. The predicted molar refractivity (Wildman–Crippen MR) is 117 cm³/mol. The van der Waals surface area contributed by atoms with Crippen LogP contribution in [0.1, 0.15) is 11.3 Å². The van der Waals surface area contributed by atoms with E-state index in [0.717, 1.165) is 28.6 Å². The largest absolute Gasteiger partial charge is 0.480 e. The van der Waals surface area contributed by atoms with Gasteiger partial charge in [0.05, 0.1) is 10.0 Å². The summed E-state index contributed by atoms with van der Waals surface area (Å²) >= 11 is 12.5. The fourth-order valence-electron chi connectivity index (χ4n) is 3.29. The molecule has 0 aliphatic heterocycles. The highest BCUT2D eigenvalue weighted by Gasteiger charge is 2.15. The van der Waals surface area contributed by atoms with Gasteiger partial charge in [0.25, 0.3) is 5.91 Å². The number of pyridine rings is 1. The number of fused-ring (bicyclic) bond motifs is 2. The topological polar surface area (TPSA) is 67.0 Å². The fourth-order valence-corrected chi connectivity index (χ4v) is 3.86. The highest BCUT2D eigenvalue weighted by molar-refractivity contribution is 6.39. The molecule has 0 saturated heterocycles. The summed E-state index contributed by atoms with van der Waals surface area (Å²) in [4.78, 5) is 20.0. The molecule has 4 aromatic rings. The summed E-state index contributed by atoms with van der Waals surface area (Å²) in [5.74, 6) is 0.137. The average Bonchev–Trinajstić information content (AvgIpc) is 3.11. The monoisotopic (exact) mass is 427 g/mol. The van der Waals surface area contributed by atoms with Crippen LogP contribution in [-0.4, -0.2) is 29.0 Å². The van der Waals surface area contributed by atoms with Gasteiger partial charge in [0.2, 0.25) is 0 Å². The summed E-state index contributed by atoms with van der Waals surface area (Å²) in [5.41, 5.74) is 3.61. The van der Waals surface area contributed by atoms with Gasteiger partial charge >= 0.3 is 0 Å². The molecule has 2 N–H and O–H groups in total. The Kier molecular flexibility index (Phi) is 5.60. The highest BCUT2D eigenvalue weighted by atomic mass is 35.5. The Morgan fingerprint density at radius 3 is 2.83 bits per heavy atom. The van der Waals surface area contributed by atoms with E-state index in [0.29, 0.717) is 27.9 Å². The number of amides is 1. The Balaban J connectivity index is 1.39. The van der Waals surface area contributed by atoms with Crippen molar-refractivity contribution in [2.45, 2.75) is 13.3 Å². The van der Waals surface area contributed by atoms with Gasteiger partial charge in [-0.3, -0.25) is 4.79 Å². The predicted octanol–water partition coefficient (Wildman–Crippen LogP) is 5.07. The number of carbonyl (C=O) groups is 1. The van der Waals surface area contributed by atoms with Crippen molar-refractivity contribution in [1.82, 2.24) is 15.3 Å². The first kappa shape index (κ1) is 19.6. The second kappa shape index (κ2) is 8.31. The number of halogens is 2. The molecule has 0 bridgehead atoms. The number of nitrogens with zero attached hydrogens (tertiary/aromatic N) is 1. The van der Waals surface area contributed by atoms with Crippen molar-refractivity contribution in [3.63, 3.8) is 0 Å². The van der Waals surface area contributed by atoms with Crippen molar-refractivity contribution in [3.8, 4) is 5.75 Å². The first-order valence-corrected chi connectivity index (χ1v) is 9.98. The van der Waals surface area contributed by atoms with Crippen LogP contribution in [0.3, 0.4) is 0 Å². The van der Waals surface area contributed by atoms with Crippen molar-refractivity contribution in [2.24, 2.45) is 0 Å². The molecule has 0 aliphatic rings. The molecule has 1 amide bonds. The van der Waals surface area contributed by atoms with Crippen LogP contribution in [0.25, 0.3) is 21.8 Å². The molecule has 29 heavy (non-hydrogen) atoms. The van der Waals surface area contributed by atoms with Gasteiger partial charge in [-0.05, 0) is 43.2 Å². The van der Waals surface area contributed by atoms with Crippen LogP contribution in [0.15, 0.2) is 48.7 Å². The number of hydrogen-bond acceptors (Lipinski definition) is 3. The normalized spacial score (nSPS) is 11.1. The zero-order valence-electron chi connectivity index (χ0n) is 15.8. The molecular weight excluding hydrogens is 409 g/mol. The number of benzene rings is 2. The maximum absolute atomic E-state index is 12.3. The van der Waals surface area contributed by atoms with Crippen molar-refractivity contribution in [1.29, 1.82) is 0 Å². The number of ether oxygens (including phenoxy) is 1. The van der Waals surface area contributed by atoms with Gasteiger partial charge in [-0.25, -0.2) is 4.98 Å². The molecule has 148 valence electrons. The molecular formula is C22H19Cl2N3O2. The van der Waals surface area contributed by atoms with E-state index in [2.05, 4.69) is 21.4 Å². The first-order valence-electron chi connectivity index (χ1n) is 9.23. The summed E-state index contributed by atoms with van der Waals surface area (Å²) < 4.78 is 5.71. The Morgan fingerprint density at radius 1 is 1.14 bits per heavy atom. The zero-order chi connectivity index (χ0) is 20.4. The molecule has 2 aromatic carbocycles. The van der Waals surface area contributed by atoms with Gasteiger partial charge in [-0.2, -0.15) is 0 Å². The maximum Gasteiger partial charge on any atom is 0.257 e. The minimum atomic E-state index is -0.225. The SMILES string of the molecule is Cc1ccc2c(Cl)cc(Cl)c(OCC(=O)NCCc3c[nH]c4ccccc34)c2n1. The number of rotatable bonds is 6. The van der Waals surface area contributed by atoms with Gasteiger partial charge in [0, 0.05) is 34.7 Å². The summed E-state index contributed by atoms with van der Waals surface area (Å²) in [6, 6.07) is 13.4. The number of nitrogens with one attached hydrogen (secondary N) is 2. The number of carbonyl (C=O) groups excluding carboxylic acids is 1. The Labute approximate surface area is 178 Å². The van der Waals surface area contributed by atoms with Crippen LogP contribution >= 0.6 is 23.2 Å². The van der Waals surface area contributed by atoms with Gasteiger partial charge in [0.15, 0.2) is 12.4 Å². The van der Waals surface area contributed by atoms with Crippen LogP contribution in [0.5, 0.6) is 5.75 Å².